The van der Waals surface area contributed by atoms with Gasteiger partial charge in [-0.15, -0.1) is 5.10 Å². The Morgan fingerprint density at radius 2 is 1.75 bits per heavy atom. The van der Waals surface area contributed by atoms with E-state index in [2.05, 4.69) is 20.4 Å². The summed E-state index contributed by atoms with van der Waals surface area (Å²) in [5, 5.41) is 7.77. The Morgan fingerprint density at radius 1 is 0.917 bits per heavy atom. The lowest BCUT2D eigenvalue weighted by Crippen LogP contribution is -2.05. The second-order valence-corrected chi connectivity index (χ2v) is 8.04. The van der Waals surface area contributed by atoms with Crippen molar-refractivity contribution in [3.05, 3.63) is 83.7 Å². The molecule has 0 saturated carbocycles. The molecule has 3 aromatic carbocycles. The fourth-order valence-electron chi connectivity index (χ4n) is 4.00. The molecule has 2 aromatic heterocycles. The molecule has 0 bridgehead atoms. The van der Waals surface area contributed by atoms with Crippen LogP contribution in [0.25, 0.3) is 28.0 Å². The average molecular weight is 490 g/mol. The minimum absolute atomic E-state index is 0.0143. The molecule has 6 rings (SSSR count). The van der Waals surface area contributed by atoms with Crippen molar-refractivity contribution in [3.8, 4) is 28.4 Å². The fourth-order valence-corrected chi connectivity index (χ4v) is 4.00. The van der Waals surface area contributed by atoms with Crippen LogP contribution in [0.1, 0.15) is 5.56 Å². The summed E-state index contributed by atoms with van der Waals surface area (Å²) in [5.74, 6) is -0.529. The van der Waals surface area contributed by atoms with Gasteiger partial charge in [-0.05, 0) is 48.0 Å². The van der Waals surface area contributed by atoms with E-state index in [1.165, 1.54) is 28.9 Å². The number of fused-ring (bicyclic) bond motifs is 2. The SMILES string of the molecule is Nc1c2c(-c3ccc(F)cc3F)nc(NCc3ccc4c(c3)OCO4)nc2nn1-c1cccc(F)c1. The van der Waals surface area contributed by atoms with E-state index in [0.717, 1.165) is 17.7 Å². The predicted molar refractivity (Wildman–Crippen MR) is 126 cm³/mol. The Morgan fingerprint density at radius 3 is 2.58 bits per heavy atom. The van der Waals surface area contributed by atoms with Crippen molar-refractivity contribution in [1.29, 1.82) is 0 Å². The Balaban J connectivity index is 1.46. The van der Waals surface area contributed by atoms with Crippen molar-refractivity contribution in [2.75, 3.05) is 17.8 Å². The van der Waals surface area contributed by atoms with E-state index >= 15 is 0 Å². The normalized spacial score (nSPS) is 12.3. The van der Waals surface area contributed by atoms with Gasteiger partial charge in [-0.3, -0.25) is 0 Å². The predicted octanol–water partition coefficient (Wildman–Crippen LogP) is 4.82. The number of ether oxygens (including phenoxy) is 2. The number of rotatable bonds is 5. The topological polar surface area (TPSA) is 100 Å². The maximum Gasteiger partial charge on any atom is 0.231 e. The molecule has 1 aliphatic heterocycles. The minimum atomic E-state index is -0.824. The lowest BCUT2D eigenvalue weighted by Gasteiger charge is -2.10. The third kappa shape index (κ3) is 3.80. The van der Waals surface area contributed by atoms with Crippen LogP contribution >= 0.6 is 0 Å². The molecule has 0 unspecified atom stereocenters. The highest BCUT2D eigenvalue weighted by Gasteiger charge is 2.22. The van der Waals surface area contributed by atoms with Crippen molar-refractivity contribution in [1.82, 2.24) is 19.7 Å². The van der Waals surface area contributed by atoms with Gasteiger partial charge in [0, 0.05) is 18.2 Å². The van der Waals surface area contributed by atoms with Gasteiger partial charge in [0.05, 0.1) is 16.8 Å². The highest BCUT2D eigenvalue weighted by Crippen LogP contribution is 2.35. The van der Waals surface area contributed by atoms with Gasteiger partial charge in [-0.1, -0.05) is 12.1 Å². The zero-order chi connectivity index (χ0) is 24.8. The highest BCUT2D eigenvalue weighted by atomic mass is 19.1. The van der Waals surface area contributed by atoms with Crippen LogP contribution in [0, 0.1) is 17.5 Å². The first kappa shape index (κ1) is 21.7. The summed E-state index contributed by atoms with van der Waals surface area (Å²) < 4.78 is 54.3. The Labute approximate surface area is 202 Å². The largest absolute Gasteiger partial charge is 0.454 e. The van der Waals surface area contributed by atoms with Crippen LogP contribution in [-0.2, 0) is 6.54 Å². The first-order valence-electron chi connectivity index (χ1n) is 10.9. The molecular formula is C25H17F3N6O2. The summed E-state index contributed by atoms with van der Waals surface area (Å²) in [6.45, 7) is 0.474. The summed E-state index contributed by atoms with van der Waals surface area (Å²) in [7, 11) is 0. The molecule has 1 aliphatic rings. The van der Waals surface area contributed by atoms with Gasteiger partial charge >= 0.3 is 0 Å². The number of hydrogen-bond acceptors (Lipinski definition) is 7. The van der Waals surface area contributed by atoms with Crippen LogP contribution in [0.4, 0.5) is 24.9 Å². The summed E-state index contributed by atoms with van der Waals surface area (Å²) in [4.78, 5) is 8.93. The third-order valence-electron chi connectivity index (χ3n) is 5.70. The molecule has 8 nitrogen and oxygen atoms in total. The van der Waals surface area contributed by atoms with E-state index in [1.54, 1.807) is 12.1 Å². The lowest BCUT2D eigenvalue weighted by molar-refractivity contribution is 0.174. The molecule has 0 atom stereocenters. The van der Waals surface area contributed by atoms with Crippen molar-refractivity contribution >= 4 is 22.8 Å². The Bertz CT molecular complexity index is 1640. The van der Waals surface area contributed by atoms with Crippen LogP contribution < -0.4 is 20.5 Å². The standard InChI is InChI=1S/C25H17F3N6O2/c26-14-2-1-3-16(9-14)34-23(29)21-22(17-6-5-15(27)10-18(17)28)31-25(32-24(21)33-34)30-11-13-4-7-19-20(8-13)36-12-35-19/h1-10H,11-12,29H2,(H,30,32,33). The van der Waals surface area contributed by atoms with Crippen molar-refractivity contribution in [2.24, 2.45) is 0 Å². The van der Waals surface area contributed by atoms with E-state index in [9.17, 15) is 13.2 Å². The van der Waals surface area contributed by atoms with Crippen LogP contribution in [0.15, 0.2) is 60.7 Å². The van der Waals surface area contributed by atoms with Gasteiger partial charge < -0.3 is 20.5 Å². The van der Waals surface area contributed by atoms with Gasteiger partial charge in [0.15, 0.2) is 17.1 Å². The van der Waals surface area contributed by atoms with E-state index in [4.69, 9.17) is 15.2 Å². The van der Waals surface area contributed by atoms with Crippen molar-refractivity contribution in [2.45, 2.75) is 6.54 Å². The molecular weight excluding hydrogens is 473 g/mol. The van der Waals surface area contributed by atoms with Crippen molar-refractivity contribution in [3.63, 3.8) is 0 Å². The first-order valence-corrected chi connectivity index (χ1v) is 10.9. The number of nitrogens with one attached hydrogen (secondary N) is 1. The van der Waals surface area contributed by atoms with E-state index in [-0.39, 0.29) is 40.8 Å². The average Bonchev–Trinajstić information content (AvgIpc) is 3.46. The molecule has 11 heteroatoms. The number of nitrogens with zero attached hydrogens (tertiary/aromatic N) is 4. The van der Waals surface area contributed by atoms with E-state index < -0.39 is 17.5 Å². The van der Waals surface area contributed by atoms with Gasteiger partial charge in [-0.2, -0.15) is 4.98 Å². The first-order chi connectivity index (χ1) is 17.5. The van der Waals surface area contributed by atoms with Crippen LogP contribution in [-0.4, -0.2) is 26.5 Å². The van der Waals surface area contributed by atoms with Gasteiger partial charge in [0.1, 0.15) is 23.3 Å². The summed E-state index contributed by atoms with van der Waals surface area (Å²) >= 11 is 0. The van der Waals surface area contributed by atoms with Gasteiger partial charge in [0.25, 0.3) is 0 Å². The Hall–Kier alpha value is -4.80. The number of halogens is 3. The molecule has 3 N–H and O–H groups in total. The zero-order valence-electron chi connectivity index (χ0n) is 18.5. The second-order valence-electron chi connectivity index (χ2n) is 8.04. The zero-order valence-corrected chi connectivity index (χ0v) is 18.5. The monoisotopic (exact) mass is 490 g/mol. The quantitative estimate of drug-likeness (QED) is 0.364. The molecule has 180 valence electrons. The number of nitrogen functional groups attached to an aromatic ring is 1. The van der Waals surface area contributed by atoms with Gasteiger partial charge in [-0.25, -0.2) is 22.8 Å². The molecule has 36 heavy (non-hydrogen) atoms. The highest BCUT2D eigenvalue weighted by molar-refractivity contribution is 5.99. The summed E-state index contributed by atoms with van der Waals surface area (Å²) in [6.07, 6.45) is 0. The van der Waals surface area contributed by atoms with Crippen molar-refractivity contribution < 1.29 is 22.6 Å². The second kappa shape index (κ2) is 8.45. The van der Waals surface area contributed by atoms with Gasteiger partial charge in [0.2, 0.25) is 12.7 Å². The maximum atomic E-state index is 14.8. The lowest BCUT2D eigenvalue weighted by atomic mass is 10.1. The molecule has 0 radical (unpaired) electrons. The third-order valence-corrected chi connectivity index (χ3v) is 5.70. The van der Waals surface area contributed by atoms with E-state index in [1.807, 2.05) is 12.1 Å². The molecule has 0 aliphatic carbocycles. The minimum Gasteiger partial charge on any atom is -0.454 e. The van der Waals surface area contributed by atoms with E-state index in [0.29, 0.717) is 23.7 Å². The summed E-state index contributed by atoms with van der Waals surface area (Å²) in [5.41, 5.74) is 7.86. The molecule has 0 fully saturated rings. The molecule has 5 aromatic rings. The fraction of sp³-hybridized carbons (Fsp3) is 0.0800. The molecule has 3 heterocycles. The number of anilines is 2. The summed E-state index contributed by atoms with van der Waals surface area (Å²) in [6, 6.07) is 14.3. The number of benzene rings is 3. The van der Waals surface area contributed by atoms with Crippen LogP contribution in [0.2, 0.25) is 0 Å². The number of aromatic nitrogens is 4. The maximum absolute atomic E-state index is 14.8. The number of hydrogen-bond donors (Lipinski definition) is 2. The molecule has 0 amide bonds. The van der Waals surface area contributed by atoms with Crippen LogP contribution in [0.3, 0.4) is 0 Å². The Kier molecular flexibility index (Phi) is 5.10. The molecule has 0 spiro atoms. The number of nitrogens with two attached hydrogens (primary N) is 1. The molecule has 0 saturated heterocycles. The van der Waals surface area contributed by atoms with Crippen LogP contribution in [0.5, 0.6) is 11.5 Å². The smallest absolute Gasteiger partial charge is 0.231 e.